The van der Waals surface area contributed by atoms with Crippen molar-refractivity contribution in [1.29, 1.82) is 0 Å². The molecule has 104 valence electrons. The molecular weight excluding hydrogens is 310 g/mol. The molecule has 0 fully saturated rings. The lowest BCUT2D eigenvalue weighted by Gasteiger charge is -2.21. The molecule has 1 unspecified atom stereocenters. The maximum atomic E-state index is 3.69. The van der Waals surface area contributed by atoms with Crippen molar-refractivity contribution in [3.8, 4) is 0 Å². The molecule has 1 atom stereocenters. The van der Waals surface area contributed by atoms with Gasteiger partial charge in [0.05, 0.1) is 6.04 Å². The third-order valence-corrected chi connectivity index (χ3v) is 4.80. The molecule has 1 nitrogen and oxygen atoms in total. The van der Waals surface area contributed by atoms with Crippen LogP contribution in [0.4, 0.5) is 0 Å². The number of aryl methyl sites for hydroxylation is 2. The molecule has 0 aliphatic heterocycles. The lowest BCUT2D eigenvalue weighted by atomic mass is 9.95. The third-order valence-electron chi connectivity index (χ3n) is 4.08. The van der Waals surface area contributed by atoms with Crippen LogP contribution in [0, 0.1) is 0 Å². The zero-order valence-electron chi connectivity index (χ0n) is 11.8. The highest BCUT2D eigenvalue weighted by Crippen LogP contribution is 2.31. The van der Waals surface area contributed by atoms with Crippen LogP contribution in [0.1, 0.15) is 41.6 Å². The number of hydrogen-bond donors (Lipinski definition) is 1. The van der Waals surface area contributed by atoms with Gasteiger partial charge in [0, 0.05) is 4.47 Å². The molecule has 0 amide bonds. The standard InChI is InChI=1S/C18H20BrN/c1-2-20-18(16-8-3-4-9-17(16)19)15-11-10-13-6-5-7-14(13)12-15/h3-4,8-12,18,20H,2,5-7H2,1H3. The van der Waals surface area contributed by atoms with Crippen molar-refractivity contribution in [2.75, 3.05) is 6.54 Å². The van der Waals surface area contributed by atoms with E-state index in [0.717, 1.165) is 6.54 Å². The first kappa shape index (κ1) is 13.8. The van der Waals surface area contributed by atoms with Gasteiger partial charge in [-0.25, -0.2) is 0 Å². The van der Waals surface area contributed by atoms with Crippen molar-refractivity contribution in [3.63, 3.8) is 0 Å². The Balaban J connectivity index is 2.01. The van der Waals surface area contributed by atoms with E-state index >= 15 is 0 Å². The van der Waals surface area contributed by atoms with Gasteiger partial charge < -0.3 is 5.32 Å². The Morgan fingerprint density at radius 2 is 1.90 bits per heavy atom. The van der Waals surface area contributed by atoms with E-state index in [0.29, 0.717) is 0 Å². The second-order valence-corrected chi connectivity index (χ2v) is 6.25. The summed E-state index contributed by atoms with van der Waals surface area (Å²) in [6, 6.07) is 15.8. The van der Waals surface area contributed by atoms with Crippen LogP contribution < -0.4 is 5.32 Å². The van der Waals surface area contributed by atoms with Crippen LogP contribution in [0.2, 0.25) is 0 Å². The van der Waals surface area contributed by atoms with E-state index in [9.17, 15) is 0 Å². The van der Waals surface area contributed by atoms with Crippen LogP contribution in [-0.4, -0.2) is 6.54 Å². The van der Waals surface area contributed by atoms with Gasteiger partial charge in [-0.15, -0.1) is 0 Å². The van der Waals surface area contributed by atoms with Crippen LogP contribution in [0.15, 0.2) is 46.9 Å². The maximum absolute atomic E-state index is 3.69. The molecule has 0 bridgehead atoms. The Morgan fingerprint density at radius 1 is 1.10 bits per heavy atom. The van der Waals surface area contributed by atoms with Crippen LogP contribution >= 0.6 is 15.9 Å². The van der Waals surface area contributed by atoms with E-state index < -0.39 is 0 Å². The minimum absolute atomic E-state index is 0.265. The Morgan fingerprint density at radius 3 is 2.70 bits per heavy atom. The fraction of sp³-hybridized carbons (Fsp3) is 0.333. The molecule has 20 heavy (non-hydrogen) atoms. The first-order valence-corrected chi connectivity index (χ1v) is 8.18. The number of hydrogen-bond acceptors (Lipinski definition) is 1. The van der Waals surface area contributed by atoms with Crippen LogP contribution in [0.3, 0.4) is 0 Å². The Hall–Kier alpha value is -1.12. The van der Waals surface area contributed by atoms with E-state index in [4.69, 9.17) is 0 Å². The summed E-state index contributed by atoms with van der Waals surface area (Å²) in [6.45, 7) is 3.13. The van der Waals surface area contributed by atoms with Crippen molar-refractivity contribution in [3.05, 3.63) is 69.2 Å². The second kappa shape index (κ2) is 6.11. The molecule has 0 saturated carbocycles. The predicted molar refractivity (Wildman–Crippen MR) is 88.1 cm³/mol. The number of halogens is 1. The molecule has 0 radical (unpaired) electrons. The number of fused-ring (bicyclic) bond motifs is 1. The Labute approximate surface area is 129 Å². The molecule has 0 heterocycles. The normalized spacial score (nSPS) is 15.1. The molecule has 2 aromatic rings. The average molecular weight is 330 g/mol. The van der Waals surface area contributed by atoms with Gasteiger partial charge >= 0.3 is 0 Å². The molecule has 1 aliphatic rings. The summed E-state index contributed by atoms with van der Waals surface area (Å²) in [4.78, 5) is 0. The Kier molecular flexibility index (Phi) is 4.23. The maximum Gasteiger partial charge on any atom is 0.0587 e. The van der Waals surface area contributed by atoms with Crippen molar-refractivity contribution >= 4 is 15.9 Å². The van der Waals surface area contributed by atoms with Crippen molar-refractivity contribution < 1.29 is 0 Å². The summed E-state index contributed by atoms with van der Waals surface area (Å²) in [7, 11) is 0. The molecule has 0 aromatic heterocycles. The SMILES string of the molecule is CCNC(c1ccc2c(c1)CCC2)c1ccccc1Br. The number of benzene rings is 2. The molecule has 2 heteroatoms. The van der Waals surface area contributed by atoms with E-state index in [2.05, 4.69) is 70.6 Å². The Bertz CT molecular complexity index is 606. The van der Waals surface area contributed by atoms with Crippen molar-refractivity contribution in [1.82, 2.24) is 5.32 Å². The van der Waals surface area contributed by atoms with Gasteiger partial charge in [0.1, 0.15) is 0 Å². The van der Waals surface area contributed by atoms with Gasteiger partial charge in [0.15, 0.2) is 0 Å². The highest BCUT2D eigenvalue weighted by molar-refractivity contribution is 9.10. The lowest BCUT2D eigenvalue weighted by molar-refractivity contribution is 0.628. The summed E-state index contributed by atoms with van der Waals surface area (Å²) >= 11 is 3.69. The fourth-order valence-corrected chi connectivity index (χ4v) is 3.61. The highest BCUT2D eigenvalue weighted by Gasteiger charge is 2.18. The molecule has 1 N–H and O–H groups in total. The summed E-state index contributed by atoms with van der Waals surface area (Å²) in [6.07, 6.45) is 3.79. The van der Waals surface area contributed by atoms with Gasteiger partial charge in [-0.1, -0.05) is 59.3 Å². The fourth-order valence-electron chi connectivity index (χ4n) is 3.09. The first-order valence-electron chi connectivity index (χ1n) is 7.39. The van der Waals surface area contributed by atoms with Crippen LogP contribution in [-0.2, 0) is 12.8 Å². The van der Waals surface area contributed by atoms with Gasteiger partial charge in [0.25, 0.3) is 0 Å². The summed E-state index contributed by atoms with van der Waals surface area (Å²) < 4.78 is 1.17. The molecule has 2 aromatic carbocycles. The largest absolute Gasteiger partial charge is 0.306 e. The topological polar surface area (TPSA) is 12.0 Å². The zero-order chi connectivity index (χ0) is 13.9. The third kappa shape index (κ3) is 2.68. The van der Waals surface area contributed by atoms with Gasteiger partial charge in [-0.05, 0) is 54.1 Å². The van der Waals surface area contributed by atoms with Gasteiger partial charge in [0.2, 0.25) is 0 Å². The predicted octanol–water partition coefficient (Wildman–Crippen LogP) is 4.64. The summed E-state index contributed by atoms with van der Waals surface area (Å²) in [5, 5.41) is 3.62. The average Bonchev–Trinajstić information content (AvgIpc) is 2.93. The van der Waals surface area contributed by atoms with Gasteiger partial charge in [-0.2, -0.15) is 0 Å². The molecule has 0 saturated heterocycles. The van der Waals surface area contributed by atoms with E-state index in [1.165, 1.54) is 46.0 Å². The summed E-state index contributed by atoms with van der Waals surface area (Å²) in [5.74, 6) is 0. The smallest absolute Gasteiger partial charge is 0.0587 e. The summed E-state index contributed by atoms with van der Waals surface area (Å²) in [5.41, 5.74) is 5.76. The van der Waals surface area contributed by atoms with E-state index in [-0.39, 0.29) is 6.04 Å². The van der Waals surface area contributed by atoms with E-state index in [1.807, 2.05) is 0 Å². The molecule has 1 aliphatic carbocycles. The molecular formula is C18H20BrN. The minimum Gasteiger partial charge on any atom is -0.306 e. The minimum atomic E-state index is 0.265. The monoisotopic (exact) mass is 329 g/mol. The number of nitrogens with one attached hydrogen (secondary N) is 1. The van der Waals surface area contributed by atoms with E-state index in [1.54, 1.807) is 0 Å². The van der Waals surface area contributed by atoms with Crippen LogP contribution in [0.25, 0.3) is 0 Å². The van der Waals surface area contributed by atoms with Crippen molar-refractivity contribution in [2.24, 2.45) is 0 Å². The van der Waals surface area contributed by atoms with Crippen molar-refractivity contribution in [2.45, 2.75) is 32.2 Å². The molecule has 3 rings (SSSR count). The molecule has 0 spiro atoms. The quantitative estimate of drug-likeness (QED) is 0.861. The first-order chi connectivity index (χ1) is 9.79. The second-order valence-electron chi connectivity index (χ2n) is 5.39. The zero-order valence-corrected chi connectivity index (χ0v) is 13.4. The van der Waals surface area contributed by atoms with Gasteiger partial charge in [-0.3, -0.25) is 0 Å². The van der Waals surface area contributed by atoms with Crippen LogP contribution in [0.5, 0.6) is 0 Å². The number of rotatable bonds is 4. The highest BCUT2D eigenvalue weighted by atomic mass is 79.9. The lowest BCUT2D eigenvalue weighted by Crippen LogP contribution is -2.22.